The summed E-state index contributed by atoms with van der Waals surface area (Å²) < 4.78 is 1.06. The summed E-state index contributed by atoms with van der Waals surface area (Å²) in [4.78, 5) is 16.8. The average molecular weight is 297 g/mol. The lowest BCUT2D eigenvalue weighted by Crippen LogP contribution is -2.14. The van der Waals surface area contributed by atoms with Gasteiger partial charge in [0.05, 0.1) is 15.8 Å². The highest BCUT2D eigenvalue weighted by Gasteiger charge is 2.12. The molecule has 0 unspecified atom stereocenters. The first-order chi connectivity index (χ1) is 10.3. The van der Waals surface area contributed by atoms with E-state index in [9.17, 15) is 4.79 Å². The van der Waals surface area contributed by atoms with Gasteiger partial charge >= 0.3 is 0 Å². The second-order valence-electron chi connectivity index (χ2n) is 4.52. The number of carbonyl (C=O) groups excluding carboxylic acids is 1. The van der Waals surface area contributed by atoms with E-state index in [4.69, 9.17) is 0 Å². The van der Waals surface area contributed by atoms with Crippen molar-refractivity contribution in [3.05, 3.63) is 54.1 Å². The number of anilines is 2. The second kappa shape index (κ2) is 5.93. The molecule has 2 aromatic carbocycles. The van der Waals surface area contributed by atoms with Gasteiger partial charge in [0.1, 0.15) is 0 Å². The van der Waals surface area contributed by atoms with Crippen LogP contribution in [0.5, 0.6) is 0 Å². The van der Waals surface area contributed by atoms with Gasteiger partial charge in [0.25, 0.3) is 5.91 Å². The van der Waals surface area contributed by atoms with Crippen LogP contribution in [-0.4, -0.2) is 17.4 Å². The van der Waals surface area contributed by atoms with Crippen molar-refractivity contribution >= 4 is 38.3 Å². The number of hydrogen-bond acceptors (Lipinski definition) is 4. The van der Waals surface area contributed by atoms with E-state index in [2.05, 4.69) is 15.6 Å². The van der Waals surface area contributed by atoms with Crippen LogP contribution >= 0.6 is 11.3 Å². The summed E-state index contributed by atoms with van der Waals surface area (Å²) in [6.45, 7) is 2.77. The zero-order valence-corrected chi connectivity index (χ0v) is 12.4. The maximum absolute atomic E-state index is 12.4. The molecule has 2 N–H and O–H groups in total. The van der Waals surface area contributed by atoms with Crippen LogP contribution in [-0.2, 0) is 0 Å². The Balaban J connectivity index is 1.86. The fraction of sp³-hybridized carbons (Fsp3) is 0.125. The number of para-hydroxylation sites is 2. The molecule has 1 aromatic heterocycles. The minimum Gasteiger partial charge on any atom is -0.385 e. The van der Waals surface area contributed by atoms with Gasteiger partial charge in [-0.1, -0.05) is 35.6 Å². The zero-order valence-electron chi connectivity index (χ0n) is 11.6. The Morgan fingerprint density at radius 1 is 1.14 bits per heavy atom. The first-order valence-corrected chi connectivity index (χ1v) is 7.59. The highest BCUT2D eigenvalue weighted by Crippen LogP contribution is 2.26. The molecule has 1 amide bonds. The Kier molecular flexibility index (Phi) is 3.83. The van der Waals surface area contributed by atoms with Crippen LogP contribution in [0.3, 0.4) is 0 Å². The number of fused-ring (bicyclic) bond motifs is 1. The second-order valence-corrected chi connectivity index (χ2v) is 5.55. The number of thiazole rings is 1. The van der Waals surface area contributed by atoms with Crippen molar-refractivity contribution < 1.29 is 4.79 Å². The van der Waals surface area contributed by atoms with Crippen LogP contribution < -0.4 is 10.6 Å². The van der Waals surface area contributed by atoms with E-state index in [1.807, 2.05) is 49.4 Å². The molecule has 106 valence electrons. The van der Waals surface area contributed by atoms with Crippen molar-refractivity contribution in [2.75, 3.05) is 17.2 Å². The van der Waals surface area contributed by atoms with E-state index in [0.717, 1.165) is 22.4 Å². The number of nitrogens with one attached hydrogen (secondary N) is 2. The van der Waals surface area contributed by atoms with E-state index < -0.39 is 0 Å². The Bertz CT molecular complexity index is 749. The lowest BCUT2D eigenvalue weighted by Gasteiger charge is -2.09. The SMILES string of the molecule is CCNc1ccccc1C(=O)Nc1nc2ccccc2s1. The van der Waals surface area contributed by atoms with Gasteiger partial charge in [-0.3, -0.25) is 10.1 Å². The van der Waals surface area contributed by atoms with Gasteiger partial charge in [-0.2, -0.15) is 0 Å². The van der Waals surface area contributed by atoms with Gasteiger partial charge in [0.2, 0.25) is 0 Å². The summed E-state index contributed by atoms with van der Waals surface area (Å²) in [5, 5.41) is 6.68. The molecule has 0 fully saturated rings. The standard InChI is InChI=1S/C16H15N3OS/c1-2-17-12-8-4-3-7-11(12)15(20)19-16-18-13-9-5-6-10-14(13)21-16/h3-10,17H,2H2,1H3,(H,18,19,20). The Morgan fingerprint density at radius 3 is 2.71 bits per heavy atom. The smallest absolute Gasteiger partial charge is 0.259 e. The van der Waals surface area contributed by atoms with Crippen molar-refractivity contribution in [3.8, 4) is 0 Å². The first-order valence-electron chi connectivity index (χ1n) is 6.77. The number of aromatic nitrogens is 1. The number of rotatable bonds is 4. The third-order valence-electron chi connectivity index (χ3n) is 3.05. The van der Waals surface area contributed by atoms with Gasteiger partial charge < -0.3 is 5.32 Å². The number of amides is 1. The highest BCUT2D eigenvalue weighted by atomic mass is 32.1. The van der Waals surface area contributed by atoms with E-state index in [0.29, 0.717) is 10.7 Å². The van der Waals surface area contributed by atoms with Crippen LogP contribution in [0.1, 0.15) is 17.3 Å². The largest absolute Gasteiger partial charge is 0.385 e. The number of hydrogen-bond donors (Lipinski definition) is 2. The predicted octanol–water partition coefficient (Wildman–Crippen LogP) is 3.98. The number of carbonyl (C=O) groups is 1. The quantitative estimate of drug-likeness (QED) is 0.766. The maximum atomic E-state index is 12.4. The van der Waals surface area contributed by atoms with Crippen molar-refractivity contribution in [3.63, 3.8) is 0 Å². The third kappa shape index (κ3) is 2.87. The van der Waals surface area contributed by atoms with Crippen molar-refractivity contribution in [2.45, 2.75) is 6.92 Å². The summed E-state index contributed by atoms with van der Waals surface area (Å²) in [6, 6.07) is 15.3. The van der Waals surface area contributed by atoms with Gasteiger partial charge in [-0.05, 0) is 31.2 Å². The normalized spacial score (nSPS) is 10.5. The van der Waals surface area contributed by atoms with Crippen molar-refractivity contribution in [2.24, 2.45) is 0 Å². The summed E-state index contributed by atoms with van der Waals surface area (Å²) in [7, 11) is 0. The monoisotopic (exact) mass is 297 g/mol. The fourth-order valence-electron chi connectivity index (χ4n) is 2.12. The summed E-state index contributed by atoms with van der Waals surface area (Å²) >= 11 is 1.48. The molecular formula is C16H15N3OS. The van der Waals surface area contributed by atoms with E-state index in [-0.39, 0.29) is 5.91 Å². The van der Waals surface area contributed by atoms with Crippen LogP contribution in [0.15, 0.2) is 48.5 Å². The van der Waals surface area contributed by atoms with Crippen LogP contribution in [0.25, 0.3) is 10.2 Å². The molecule has 0 saturated heterocycles. The van der Waals surface area contributed by atoms with Crippen molar-refractivity contribution in [1.29, 1.82) is 0 Å². The molecule has 4 nitrogen and oxygen atoms in total. The molecule has 0 atom stereocenters. The lowest BCUT2D eigenvalue weighted by molar-refractivity contribution is 0.102. The molecule has 1 heterocycles. The zero-order chi connectivity index (χ0) is 14.7. The molecule has 0 aliphatic carbocycles. The maximum Gasteiger partial charge on any atom is 0.259 e. The molecule has 0 aliphatic heterocycles. The fourth-order valence-corrected chi connectivity index (χ4v) is 2.98. The van der Waals surface area contributed by atoms with Gasteiger partial charge in [0, 0.05) is 12.2 Å². The Hall–Kier alpha value is -2.40. The van der Waals surface area contributed by atoms with Crippen LogP contribution in [0.2, 0.25) is 0 Å². The van der Waals surface area contributed by atoms with Gasteiger partial charge in [-0.25, -0.2) is 4.98 Å². The van der Waals surface area contributed by atoms with Gasteiger partial charge in [-0.15, -0.1) is 0 Å². The van der Waals surface area contributed by atoms with E-state index in [1.165, 1.54) is 11.3 Å². The summed E-state index contributed by atoms with van der Waals surface area (Å²) in [5.74, 6) is -0.148. The number of benzene rings is 2. The Morgan fingerprint density at radius 2 is 1.90 bits per heavy atom. The molecule has 21 heavy (non-hydrogen) atoms. The molecule has 3 aromatic rings. The molecule has 0 radical (unpaired) electrons. The van der Waals surface area contributed by atoms with E-state index in [1.54, 1.807) is 6.07 Å². The molecule has 0 aliphatic rings. The minimum absolute atomic E-state index is 0.148. The first kappa shape index (κ1) is 13.6. The van der Waals surface area contributed by atoms with E-state index >= 15 is 0 Å². The summed E-state index contributed by atoms with van der Waals surface area (Å²) in [5.41, 5.74) is 2.36. The minimum atomic E-state index is -0.148. The summed E-state index contributed by atoms with van der Waals surface area (Å²) in [6.07, 6.45) is 0. The van der Waals surface area contributed by atoms with Gasteiger partial charge in [0.15, 0.2) is 5.13 Å². The number of nitrogens with zero attached hydrogens (tertiary/aromatic N) is 1. The third-order valence-corrected chi connectivity index (χ3v) is 4.01. The topological polar surface area (TPSA) is 54.0 Å². The molecule has 0 saturated carbocycles. The molecule has 5 heteroatoms. The molecule has 0 spiro atoms. The van der Waals surface area contributed by atoms with Crippen LogP contribution in [0, 0.1) is 0 Å². The lowest BCUT2D eigenvalue weighted by atomic mass is 10.1. The highest BCUT2D eigenvalue weighted by molar-refractivity contribution is 7.22. The molecule has 0 bridgehead atoms. The van der Waals surface area contributed by atoms with Crippen LogP contribution in [0.4, 0.5) is 10.8 Å². The molecule has 3 rings (SSSR count). The predicted molar refractivity (Wildman–Crippen MR) is 88.2 cm³/mol. The molecular weight excluding hydrogens is 282 g/mol. The average Bonchev–Trinajstić information content (AvgIpc) is 2.90. The van der Waals surface area contributed by atoms with Crippen molar-refractivity contribution in [1.82, 2.24) is 4.98 Å². The Labute approximate surface area is 126 Å².